The van der Waals surface area contributed by atoms with Crippen molar-refractivity contribution < 1.29 is 8.42 Å². The SMILES string of the molecule is CCc1ccc(-c2ccc(=O)[nH]n2)cc1S(=O)(=O)Nc1cc(C)c(Br)c(C)c1. The average molecular weight is 462 g/mol. The second-order valence-electron chi connectivity index (χ2n) is 6.51. The summed E-state index contributed by atoms with van der Waals surface area (Å²) in [6.07, 6.45) is 0.563. The van der Waals surface area contributed by atoms with Crippen LogP contribution in [-0.2, 0) is 16.4 Å². The summed E-state index contributed by atoms with van der Waals surface area (Å²) in [4.78, 5) is 11.4. The van der Waals surface area contributed by atoms with Crippen LogP contribution in [0, 0.1) is 13.8 Å². The minimum absolute atomic E-state index is 0.193. The van der Waals surface area contributed by atoms with Crippen LogP contribution in [0.25, 0.3) is 11.3 Å². The molecule has 3 aromatic rings. The molecular weight excluding hydrogens is 442 g/mol. The summed E-state index contributed by atoms with van der Waals surface area (Å²) in [5.74, 6) is 0. The molecule has 0 spiro atoms. The standard InChI is InChI=1S/C20H20BrN3O3S/c1-4-14-5-6-15(17-7-8-19(25)23-22-17)11-18(14)28(26,27)24-16-9-12(2)20(21)13(3)10-16/h5-11,24H,4H2,1-3H3,(H,23,25). The van der Waals surface area contributed by atoms with Crippen molar-refractivity contribution in [2.45, 2.75) is 32.1 Å². The molecule has 0 bridgehead atoms. The van der Waals surface area contributed by atoms with Crippen molar-refractivity contribution >= 4 is 31.6 Å². The number of aromatic amines is 1. The predicted octanol–water partition coefficient (Wildman–Crippen LogP) is 4.18. The molecule has 146 valence electrons. The van der Waals surface area contributed by atoms with Crippen LogP contribution in [0.3, 0.4) is 0 Å². The Bertz CT molecular complexity index is 1160. The first-order chi connectivity index (χ1) is 13.2. The third-order valence-electron chi connectivity index (χ3n) is 4.40. The lowest BCUT2D eigenvalue weighted by Gasteiger charge is -2.14. The van der Waals surface area contributed by atoms with E-state index in [9.17, 15) is 13.2 Å². The van der Waals surface area contributed by atoms with Gasteiger partial charge >= 0.3 is 0 Å². The molecule has 2 N–H and O–H groups in total. The normalized spacial score (nSPS) is 11.4. The highest BCUT2D eigenvalue weighted by Crippen LogP contribution is 2.29. The van der Waals surface area contributed by atoms with Gasteiger partial charge in [-0.1, -0.05) is 35.0 Å². The Hall–Kier alpha value is -2.45. The summed E-state index contributed by atoms with van der Waals surface area (Å²) in [6, 6.07) is 11.6. The molecule has 0 saturated carbocycles. The van der Waals surface area contributed by atoms with Crippen LogP contribution in [0.2, 0.25) is 0 Å². The predicted molar refractivity (Wildman–Crippen MR) is 114 cm³/mol. The molecule has 0 aliphatic heterocycles. The molecule has 2 aromatic carbocycles. The molecule has 28 heavy (non-hydrogen) atoms. The van der Waals surface area contributed by atoms with Crippen molar-refractivity contribution in [3.8, 4) is 11.3 Å². The minimum Gasteiger partial charge on any atom is -0.280 e. The molecule has 0 saturated heterocycles. The van der Waals surface area contributed by atoms with Crippen molar-refractivity contribution in [2.24, 2.45) is 0 Å². The van der Waals surface area contributed by atoms with Crippen molar-refractivity contribution in [1.82, 2.24) is 10.2 Å². The average Bonchev–Trinajstić information content (AvgIpc) is 2.66. The zero-order chi connectivity index (χ0) is 20.5. The summed E-state index contributed by atoms with van der Waals surface area (Å²) in [5, 5.41) is 6.35. The third kappa shape index (κ3) is 4.18. The highest BCUT2D eigenvalue weighted by atomic mass is 79.9. The summed E-state index contributed by atoms with van der Waals surface area (Å²) in [7, 11) is -3.81. The lowest BCUT2D eigenvalue weighted by Crippen LogP contribution is -2.15. The number of anilines is 1. The zero-order valence-electron chi connectivity index (χ0n) is 15.7. The molecule has 0 fully saturated rings. The Labute approximate surface area is 172 Å². The Morgan fingerprint density at radius 1 is 1.07 bits per heavy atom. The van der Waals surface area contributed by atoms with Gasteiger partial charge in [-0.3, -0.25) is 9.52 Å². The zero-order valence-corrected chi connectivity index (χ0v) is 18.1. The first-order valence-electron chi connectivity index (χ1n) is 8.70. The van der Waals surface area contributed by atoms with Gasteiger partial charge in [0.25, 0.3) is 15.6 Å². The van der Waals surface area contributed by atoms with E-state index in [2.05, 4.69) is 30.8 Å². The van der Waals surface area contributed by atoms with Gasteiger partial charge < -0.3 is 0 Å². The van der Waals surface area contributed by atoms with Gasteiger partial charge in [0.15, 0.2) is 0 Å². The fourth-order valence-corrected chi connectivity index (χ4v) is 4.58. The topological polar surface area (TPSA) is 91.9 Å². The molecule has 1 heterocycles. The van der Waals surface area contributed by atoms with E-state index in [0.717, 1.165) is 15.6 Å². The largest absolute Gasteiger partial charge is 0.280 e. The minimum atomic E-state index is -3.81. The van der Waals surface area contributed by atoms with Gasteiger partial charge in [0.1, 0.15) is 0 Å². The van der Waals surface area contributed by atoms with Crippen molar-refractivity contribution in [3.63, 3.8) is 0 Å². The van der Waals surface area contributed by atoms with E-state index in [1.54, 1.807) is 36.4 Å². The molecule has 0 aliphatic rings. The molecule has 0 amide bonds. The number of benzene rings is 2. The highest BCUT2D eigenvalue weighted by Gasteiger charge is 2.20. The van der Waals surface area contributed by atoms with Crippen LogP contribution in [0.1, 0.15) is 23.6 Å². The maximum Gasteiger partial charge on any atom is 0.264 e. The van der Waals surface area contributed by atoms with Gasteiger partial charge in [-0.05, 0) is 61.2 Å². The van der Waals surface area contributed by atoms with Crippen molar-refractivity contribution in [3.05, 3.63) is 74.0 Å². The Morgan fingerprint density at radius 3 is 2.32 bits per heavy atom. The first kappa shape index (κ1) is 20.3. The lowest BCUT2D eigenvalue weighted by molar-refractivity contribution is 0.600. The quantitative estimate of drug-likeness (QED) is 0.595. The van der Waals surface area contributed by atoms with Crippen molar-refractivity contribution in [1.29, 1.82) is 0 Å². The molecule has 0 atom stereocenters. The number of aromatic nitrogens is 2. The Balaban J connectivity index is 2.06. The van der Waals surface area contributed by atoms with Gasteiger partial charge in [0.2, 0.25) is 0 Å². The second kappa shape index (κ2) is 7.89. The molecule has 8 heteroatoms. The maximum absolute atomic E-state index is 13.1. The van der Waals surface area contributed by atoms with Crippen LogP contribution >= 0.6 is 15.9 Å². The van der Waals surface area contributed by atoms with E-state index >= 15 is 0 Å². The first-order valence-corrected chi connectivity index (χ1v) is 11.0. The van der Waals surface area contributed by atoms with Gasteiger partial charge in [0, 0.05) is 21.8 Å². The number of hydrogen-bond acceptors (Lipinski definition) is 4. The molecule has 0 unspecified atom stereocenters. The van der Waals surface area contributed by atoms with Gasteiger partial charge in [0.05, 0.1) is 10.6 Å². The van der Waals surface area contributed by atoms with Gasteiger partial charge in [-0.15, -0.1) is 0 Å². The fraction of sp³-hybridized carbons (Fsp3) is 0.200. The number of halogens is 1. The third-order valence-corrected chi connectivity index (χ3v) is 7.12. The van der Waals surface area contributed by atoms with E-state index in [4.69, 9.17) is 0 Å². The smallest absolute Gasteiger partial charge is 0.264 e. The highest BCUT2D eigenvalue weighted by molar-refractivity contribution is 9.10. The molecule has 6 nitrogen and oxygen atoms in total. The maximum atomic E-state index is 13.1. The van der Waals surface area contributed by atoms with E-state index < -0.39 is 10.0 Å². The fourth-order valence-electron chi connectivity index (χ4n) is 2.98. The number of hydrogen-bond donors (Lipinski definition) is 2. The number of H-pyrrole nitrogens is 1. The summed E-state index contributed by atoms with van der Waals surface area (Å²) >= 11 is 3.49. The Morgan fingerprint density at radius 2 is 1.75 bits per heavy atom. The monoisotopic (exact) mass is 461 g/mol. The molecular formula is C20H20BrN3O3S. The van der Waals surface area contributed by atoms with Gasteiger partial charge in [-0.25, -0.2) is 13.5 Å². The molecule has 0 radical (unpaired) electrons. The van der Waals surface area contributed by atoms with Crippen LogP contribution in [0.15, 0.2) is 56.6 Å². The number of sulfonamides is 1. The Kier molecular flexibility index (Phi) is 5.71. The van der Waals surface area contributed by atoms with Crippen LogP contribution in [0.5, 0.6) is 0 Å². The van der Waals surface area contributed by atoms with Crippen LogP contribution in [-0.4, -0.2) is 18.6 Å². The summed E-state index contributed by atoms with van der Waals surface area (Å²) < 4.78 is 29.9. The summed E-state index contributed by atoms with van der Waals surface area (Å²) in [6.45, 7) is 5.73. The van der Waals surface area contributed by atoms with Crippen LogP contribution < -0.4 is 10.3 Å². The van der Waals surface area contributed by atoms with Crippen molar-refractivity contribution in [2.75, 3.05) is 4.72 Å². The van der Waals surface area contributed by atoms with E-state index in [-0.39, 0.29) is 10.5 Å². The molecule has 0 aliphatic carbocycles. The number of aryl methyl sites for hydroxylation is 3. The van der Waals surface area contributed by atoms with Gasteiger partial charge in [-0.2, -0.15) is 5.10 Å². The number of nitrogens with zero attached hydrogens (tertiary/aromatic N) is 1. The number of nitrogens with one attached hydrogen (secondary N) is 2. The number of rotatable bonds is 5. The molecule has 3 rings (SSSR count). The summed E-state index contributed by atoms with van der Waals surface area (Å²) in [5.41, 5.74) is 3.88. The van der Waals surface area contributed by atoms with E-state index in [1.807, 2.05) is 20.8 Å². The van der Waals surface area contributed by atoms with E-state index in [1.165, 1.54) is 6.07 Å². The molecule has 1 aromatic heterocycles. The second-order valence-corrected chi connectivity index (χ2v) is 8.96. The van der Waals surface area contributed by atoms with E-state index in [0.29, 0.717) is 28.9 Å². The lowest BCUT2D eigenvalue weighted by atomic mass is 10.1. The van der Waals surface area contributed by atoms with Crippen LogP contribution in [0.4, 0.5) is 5.69 Å².